The molecule has 3 aromatic rings. The molecule has 1 unspecified atom stereocenters. The van der Waals surface area contributed by atoms with E-state index in [9.17, 15) is 43.2 Å². The summed E-state index contributed by atoms with van der Waals surface area (Å²) in [5.74, 6) is -0.561. The number of alkyl halides is 6. The van der Waals surface area contributed by atoms with E-state index >= 15 is 0 Å². The predicted octanol–water partition coefficient (Wildman–Crippen LogP) is 4.14. The quantitative estimate of drug-likeness (QED) is 0.327. The Balaban J connectivity index is 1.80. The van der Waals surface area contributed by atoms with Crippen molar-refractivity contribution in [1.82, 2.24) is 19.7 Å². The Morgan fingerprint density at radius 3 is 2.10 bits per heavy atom. The second kappa shape index (κ2) is 11.7. The van der Waals surface area contributed by atoms with Crippen LogP contribution in [0.2, 0.25) is 0 Å². The van der Waals surface area contributed by atoms with Crippen molar-refractivity contribution in [1.29, 1.82) is 0 Å². The Morgan fingerprint density at radius 2 is 1.52 bits per heavy atom. The molecular formula is C23H23F6N5O4S2. The van der Waals surface area contributed by atoms with Crippen LogP contribution < -0.4 is 10.0 Å². The van der Waals surface area contributed by atoms with Gasteiger partial charge in [-0.15, -0.1) is 0 Å². The topological polar surface area (TPSA) is 131 Å². The zero-order valence-corrected chi connectivity index (χ0v) is 22.5. The van der Waals surface area contributed by atoms with E-state index < -0.39 is 54.7 Å². The largest absolute Gasteiger partial charge is 0.511 e. The minimum atomic E-state index is -5.52. The zero-order chi connectivity index (χ0) is 29.9. The molecule has 0 fully saturated rings. The number of pyridine rings is 1. The van der Waals surface area contributed by atoms with Gasteiger partial charge in [0.25, 0.3) is 0 Å². The average molecular weight is 612 g/mol. The maximum absolute atomic E-state index is 13.6. The number of nitrogens with zero attached hydrogens (tertiary/aromatic N) is 3. The monoisotopic (exact) mass is 611 g/mol. The molecule has 2 heterocycles. The molecule has 0 saturated carbocycles. The lowest BCUT2D eigenvalue weighted by molar-refractivity contribution is -0.137. The van der Waals surface area contributed by atoms with Gasteiger partial charge in [-0.05, 0) is 29.7 Å². The summed E-state index contributed by atoms with van der Waals surface area (Å²) in [6.07, 6.45) is -1.85. The third-order valence-corrected chi connectivity index (χ3v) is 8.34. The normalized spacial score (nSPS) is 13.7. The molecule has 0 bridgehead atoms. The molecule has 218 valence electrons. The molecule has 2 N–H and O–H groups in total. The van der Waals surface area contributed by atoms with E-state index in [2.05, 4.69) is 20.3 Å². The highest BCUT2D eigenvalue weighted by molar-refractivity contribution is 7.91. The van der Waals surface area contributed by atoms with Crippen molar-refractivity contribution >= 4 is 25.7 Å². The van der Waals surface area contributed by atoms with Crippen molar-refractivity contribution in [3.8, 4) is 0 Å². The van der Waals surface area contributed by atoms with Crippen molar-refractivity contribution in [3.05, 3.63) is 82.6 Å². The Kier molecular flexibility index (Phi) is 9.10. The summed E-state index contributed by atoms with van der Waals surface area (Å²) >= 11 is 0. The third-order valence-electron chi connectivity index (χ3n) is 5.70. The fourth-order valence-electron chi connectivity index (χ4n) is 3.41. The minimum absolute atomic E-state index is 0.0167. The minimum Gasteiger partial charge on any atom is -0.365 e. The first-order chi connectivity index (χ1) is 18.4. The first-order valence-electron chi connectivity index (χ1n) is 11.3. The van der Waals surface area contributed by atoms with Gasteiger partial charge in [-0.2, -0.15) is 26.3 Å². The van der Waals surface area contributed by atoms with E-state index in [4.69, 9.17) is 0 Å². The van der Waals surface area contributed by atoms with Gasteiger partial charge in [0, 0.05) is 38.2 Å². The molecule has 17 heteroatoms. The second-order valence-corrected chi connectivity index (χ2v) is 12.8. The fraction of sp³-hybridized carbons (Fsp3) is 0.348. The summed E-state index contributed by atoms with van der Waals surface area (Å²) in [6, 6.07) is 8.64. The van der Waals surface area contributed by atoms with E-state index in [1.807, 2.05) is 0 Å². The summed E-state index contributed by atoms with van der Waals surface area (Å²) in [6.45, 7) is 0.577. The van der Waals surface area contributed by atoms with Crippen molar-refractivity contribution in [2.24, 2.45) is 0 Å². The number of sulfonamides is 1. The van der Waals surface area contributed by atoms with E-state index in [0.717, 1.165) is 6.26 Å². The number of hydrogen-bond donors (Lipinski definition) is 2. The number of halogens is 6. The molecule has 0 spiro atoms. The third kappa shape index (κ3) is 7.88. The van der Waals surface area contributed by atoms with Crippen LogP contribution in [0.1, 0.15) is 45.9 Å². The maximum atomic E-state index is 13.6. The van der Waals surface area contributed by atoms with Gasteiger partial charge >= 0.3 is 21.7 Å². The predicted molar refractivity (Wildman–Crippen MR) is 133 cm³/mol. The second-order valence-electron chi connectivity index (χ2n) is 8.68. The molecule has 1 atom stereocenters. The van der Waals surface area contributed by atoms with Crippen LogP contribution in [0.25, 0.3) is 0 Å². The van der Waals surface area contributed by atoms with Gasteiger partial charge in [-0.3, -0.25) is 4.98 Å². The molecule has 3 rings (SSSR count). The maximum Gasteiger partial charge on any atom is 0.511 e. The van der Waals surface area contributed by atoms with E-state index in [0.29, 0.717) is 17.3 Å². The lowest BCUT2D eigenvalue weighted by Crippen LogP contribution is -2.35. The molecule has 9 nitrogen and oxygen atoms in total. The molecular weight excluding hydrogens is 588 g/mol. The molecule has 0 amide bonds. The molecule has 0 saturated heterocycles. The summed E-state index contributed by atoms with van der Waals surface area (Å²) in [5, 5.41) is 1.60. The molecule has 1 aromatic carbocycles. The molecule has 2 aromatic heterocycles. The molecule has 0 radical (unpaired) electrons. The van der Waals surface area contributed by atoms with Gasteiger partial charge in [0.1, 0.15) is 22.5 Å². The number of benzene rings is 1. The van der Waals surface area contributed by atoms with E-state index in [-0.39, 0.29) is 30.0 Å². The van der Waals surface area contributed by atoms with Crippen LogP contribution in [0.5, 0.6) is 0 Å². The molecule has 0 aliphatic carbocycles. The summed E-state index contributed by atoms with van der Waals surface area (Å²) in [7, 11) is -9.05. The number of anilines is 1. The summed E-state index contributed by atoms with van der Waals surface area (Å²) < 4.78 is 126. The van der Waals surface area contributed by atoms with Crippen LogP contribution >= 0.6 is 0 Å². The van der Waals surface area contributed by atoms with Crippen molar-refractivity contribution in [3.63, 3.8) is 0 Å². The van der Waals surface area contributed by atoms with Crippen LogP contribution in [0.4, 0.5) is 32.2 Å². The molecule has 40 heavy (non-hydrogen) atoms. The summed E-state index contributed by atoms with van der Waals surface area (Å²) in [5.41, 5.74) is -5.37. The Hall–Kier alpha value is -3.31. The van der Waals surface area contributed by atoms with E-state index in [1.165, 1.54) is 54.2 Å². The van der Waals surface area contributed by atoms with Gasteiger partial charge in [0.05, 0.1) is 5.69 Å². The number of rotatable bonds is 10. The summed E-state index contributed by atoms with van der Waals surface area (Å²) in [4.78, 5) is 11.8. The highest BCUT2D eigenvalue weighted by Crippen LogP contribution is 2.34. The lowest BCUT2D eigenvalue weighted by atomic mass is 10.1. The average Bonchev–Trinajstić information content (AvgIpc) is 2.85. The SMILES string of the molecule is CC(c1ncccc1CNc1nc(Cc2ccc(CNS(=O)(=O)C(F)(F)F)cc2)ncc1C(F)(F)F)S(C)(=O)=O. The Morgan fingerprint density at radius 1 is 0.900 bits per heavy atom. The fourth-order valence-corrected chi connectivity index (χ4v) is 4.55. The number of aromatic nitrogens is 3. The number of hydrogen-bond acceptors (Lipinski definition) is 8. The van der Waals surface area contributed by atoms with Crippen LogP contribution in [-0.2, 0) is 45.5 Å². The van der Waals surface area contributed by atoms with Gasteiger partial charge < -0.3 is 5.32 Å². The van der Waals surface area contributed by atoms with Crippen LogP contribution in [0.3, 0.4) is 0 Å². The molecule has 0 aliphatic rings. The first-order valence-corrected chi connectivity index (χ1v) is 14.8. The lowest BCUT2D eigenvalue weighted by Gasteiger charge is -2.17. The van der Waals surface area contributed by atoms with Crippen LogP contribution in [-0.4, -0.2) is 43.6 Å². The van der Waals surface area contributed by atoms with Crippen molar-refractivity contribution < 1.29 is 43.2 Å². The highest BCUT2D eigenvalue weighted by Gasteiger charge is 2.45. The smallest absolute Gasteiger partial charge is 0.365 e. The Bertz CT molecular complexity index is 1560. The zero-order valence-electron chi connectivity index (χ0n) is 20.9. The Labute approximate surface area is 226 Å². The van der Waals surface area contributed by atoms with Gasteiger partial charge in [0.2, 0.25) is 0 Å². The van der Waals surface area contributed by atoms with Crippen molar-refractivity contribution in [2.75, 3.05) is 11.6 Å². The van der Waals surface area contributed by atoms with Crippen LogP contribution in [0.15, 0.2) is 48.8 Å². The molecule has 0 aliphatic heterocycles. The van der Waals surface area contributed by atoms with Gasteiger partial charge in [-0.1, -0.05) is 30.3 Å². The van der Waals surface area contributed by atoms with Crippen molar-refractivity contribution in [2.45, 2.75) is 43.4 Å². The number of sulfone groups is 1. The van der Waals surface area contributed by atoms with E-state index in [1.54, 1.807) is 0 Å². The highest BCUT2D eigenvalue weighted by atomic mass is 32.2. The number of nitrogens with one attached hydrogen (secondary N) is 2. The van der Waals surface area contributed by atoms with Gasteiger partial charge in [-0.25, -0.2) is 31.5 Å². The standard InChI is InChI=1S/C23H23F6N5O4S2/c1-14(39(2,35)36)20-17(4-3-9-30-20)12-32-21-18(22(24,25)26)13-31-19(34-21)10-15-5-7-16(8-6-15)11-33-40(37,38)23(27,28)29/h3-9,13-14,33H,10-12H2,1-2H3,(H,31,32,34). The van der Waals surface area contributed by atoms with Crippen LogP contribution in [0, 0.1) is 0 Å². The first kappa shape index (κ1) is 31.2. The van der Waals surface area contributed by atoms with Gasteiger partial charge in [0.15, 0.2) is 9.84 Å².